The molecule has 3 atom stereocenters. The number of carbonyl (C=O) groups is 4. The minimum atomic E-state index is -0.759. The third kappa shape index (κ3) is 5.52. The van der Waals surface area contributed by atoms with Crippen molar-refractivity contribution < 1.29 is 28.7 Å². The number of hydrogen-bond donors (Lipinski definition) is 1. The highest BCUT2D eigenvalue weighted by molar-refractivity contribution is 6.31. The second-order valence-corrected chi connectivity index (χ2v) is 10.1. The molecule has 0 aromatic heterocycles. The zero-order valence-corrected chi connectivity index (χ0v) is 22.0. The summed E-state index contributed by atoms with van der Waals surface area (Å²) in [5, 5.41) is 3.00. The first-order valence-electron chi connectivity index (χ1n) is 12.7. The van der Waals surface area contributed by atoms with Crippen LogP contribution in [0, 0.1) is 11.8 Å². The number of imide groups is 1. The quantitative estimate of drug-likeness (QED) is 0.322. The van der Waals surface area contributed by atoms with Crippen molar-refractivity contribution in [3.63, 3.8) is 0 Å². The molecule has 200 valence electrons. The van der Waals surface area contributed by atoms with E-state index in [0.717, 1.165) is 6.42 Å². The lowest BCUT2D eigenvalue weighted by Crippen LogP contribution is -2.31. The van der Waals surface area contributed by atoms with Gasteiger partial charge in [-0.15, -0.1) is 0 Å². The Kier molecular flexibility index (Phi) is 7.65. The fraction of sp³-hybridized carbons (Fsp3) is 0.267. The minimum absolute atomic E-state index is 0.123. The minimum Gasteiger partial charge on any atom is -0.495 e. The Morgan fingerprint density at radius 3 is 2.49 bits per heavy atom. The number of carbonyl (C=O) groups excluding carboxylic acids is 4. The van der Waals surface area contributed by atoms with Gasteiger partial charge >= 0.3 is 5.97 Å². The molecule has 3 unspecified atom stereocenters. The smallest absolute Gasteiger partial charge is 0.338 e. The maximum absolute atomic E-state index is 13.4. The van der Waals surface area contributed by atoms with Crippen LogP contribution in [0.4, 0.5) is 11.4 Å². The highest BCUT2D eigenvalue weighted by atomic mass is 35.5. The first kappa shape index (κ1) is 26.4. The molecule has 2 aliphatic rings. The number of rotatable bonds is 7. The van der Waals surface area contributed by atoms with Crippen LogP contribution in [0.15, 0.2) is 72.8 Å². The molecule has 8 nitrogen and oxygen atoms in total. The SMILES string of the molecule is COc1ccc(Cl)cc1NC(=O)COC(=O)c1cccc(N2C(=O)C3CCC(c4ccccc4)CC3C2=O)c1. The standard InChI is InChI=1S/C30H27ClN2O6/c1-38-26-13-11-21(31)16-25(26)32-27(34)17-39-30(37)20-8-5-9-22(14-20)33-28(35)23-12-10-19(15-24(23)29(33)36)18-6-3-2-4-7-18/h2-9,11,13-14,16,19,23-24H,10,12,15,17H2,1H3,(H,32,34). The van der Waals surface area contributed by atoms with E-state index in [9.17, 15) is 19.2 Å². The van der Waals surface area contributed by atoms with Gasteiger partial charge in [-0.2, -0.15) is 0 Å². The Morgan fingerprint density at radius 1 is 0.949 bits per heavy atom. The Labute approximate surface area is 230 Å². The van der Waals surface area contributed by atoms with Gasteiger partial charge in [0.25, 0.3) is 5.91 Å². The number of anilines is 2. The van der Waals surface area contributed by atoms with E-state index in [1.54, 1.807) is 24.3 Å². The Bertz CT molecular complexity index is 1430. The summed E-state index contributed by atoms with van der Waals surface area (Å²) in [5.74, 6) is -1.94. The van der Waals surface area contributed by atoms with Crippen molar-refractivity contribution in [2.24, 2.45) is 11.8 Å². The van der Waals surface area contributed by atoms with Gasteiger partial charge in [-0.25, -0.2) is 4.79 Å². The number of hydrogen-bond acceptors (Lipinski definition) is 6. The van der Waals surface area contributed by atoms with Crippen molar-refractivity contribution in [3.05, 3.63) is 88.9 Å². The van der Waals surface area contributed by atoms with Gasteiger partial charge in [0.1, 0.15) is 5.75 Å². The molecule has 2 fully saturated rings. The van der Waals surface area contributed by atoms with Crippen molar-refractivity contribution in [3.8, 4) is 5.75 Å². The summed E-state index contributed by atoms with van der Waals surface area (Å²) in [7, 11) is 1.46. The summed E-state index contributed by atoms with van der Waals surface area (Å²) in [6.45, 7) is -0.550. The molecule has 39 heavy (non-hydrogen) atoms. The molecule has 3 aromatic carbocycles. The normalized spacial score (nSPS) is 20.4. The van der Waals surface area contributed by atoms with Crippen molar-refractivity contribution in [2.45, 2.75) is 25.2 Å². The summed E-state index contributed by atoms with van der Waals surface area (Å²) < 4.78 is 10.4. The number of ether oxygens (including phenoxy) is 2. The van der Waals surface area contributed by atoms with Crippen LogP contribution < -0.4 is 15.0 Å². The van der Waals surface area contributed by atoms with Gasteiger partial charge in [0.15, 0.2) is 6.61 Å². The average molecular weight is 547 g/mol. The van der Waals surface area contributed by atoms with E-state index in [4.69, 9.17) is 21.1 Å². The van der Waals surface area contributed by atoms with Crippen LogP contribution in [0.5, 0.6) is 5.75 Å². The second-order valence-electron chi connectivity index (χ2n) is 9.66. The van der Waals surface area contributed by atoms with Gasteiger partial charge in [-0.3, -0.25) is 19.3 Å². The fourth-order valence-corrected chi connectivity index (χ4v) is 5.58. The number of nitrogens with one attached hydrogen (secondary N) is 1. The van der Waals surface area contributed by atoms with Crippen LogP contribution in [0.1, 0.15) is 41.1 Å². The molecular weight excluding hydrogens is 520 g/mol. The summed E-state index contributed by atoms with van der Waals surface area (Å²) in [6, 6.07) is 21.0. The highest BCUT2D eigenvalue weighted by Gasteiger charge is 2.50. The summed E-state index contributed by atoms with van der Waals surface area (Å²) in [6.07, 6.45) is 2.09. The lowest BCUT2D eigenvalue weighted by molar-refractivity contribution is -0.122. The van der Waals surface area contributed by atoms with E-state index >= 15 is 0 Å². The van der Waals surface area contributed by atoms with Crippen molar-refractivity contribution in [2.75, 3.05) is 23.9 Å². The number of nitrogens with zero attached hydrogens (tertiary/aromatic N) is 1. The highest BCUT2D eigenvalue weighted by Crippen LogP contribution is 2.45. The Hall–Kier alpha value is -4.17. The number of fused-ring (bicyclic) bond motifs is 1. The van der Waals surface area contributed by atoms with E-state index in [2.05, 4.69) is 17.4 Å². The average Bonchev–Trinajstić information content (AvgIpc) is 3.21. The first-order chi connectivity index (χ1) is 18.9. The largest absolute Gasteiger partial charge is 0.495 e. The number of methoxy groups -OCH3 is 1. The molecule has 3 aromatic rings. The Balaban J connectivity index is 1.24. The number of amides is 3. The second kappa shape index (κ2) is 11.3. The predicted octanol–water partition coefficient (Wildman–Crippen LogP) is 5.22. The van der Waals surface area contributed by atoms with Crippen LogP contribution in [-0.4, -0.2) is 37.4 Å². The van der Waals surface area contributed by atoms with Crippen LogP contribution in [-0.2, 0) is 19.1 Å². The fourth-order valence-electron chi connectivity index (χ4n) is 5.41. The molecule has 0 bridgehead atoms. The molecular formula is C30H27ClN2O6. The number of benzene rings is 3. The van der Waals surface area contributed by atoms with Gasteiger partial charge in [0.2, 0.25) is 11.8 Å². The van der Waals surface area contributed by atoms with Crippen molar-refractivity contribution in [1.29, 1.82) is 0 Å². The van der Waals surface area contributed by atoms with E-state index in [-0.39, 0.29) is 35.1 Å². The first-order valence-corrected chi connectivity index (χ1v) is 13.1. The van der Waals surface area contributed by atoms with E-state index in [1.807, 2.05) is 18.2 Å². The molecule has 0 spiro atoms. The Morgan fingerprint density at radius 2 is 1.72 bits per heavy atom. The number of esters is 1. The van der Waals surface area contributed by atoms with Gasteiger partial charge in [0.05, 0.1) is 35.9 Å². The molecule has 9 heteroatoms. The van der Waals surface area contributed by atoms with Crippen LogP contribution >= 0.6 is 11.6 Å². The van der Waals surface area contributed by atoms with Crippen LogP contribution in [0.2, 0.25) is 5.02 Å². The third-order valence-electron chi connectivity index (χ3n) is 7.31. The van der Waals surface area contributed by atoms with Crippen molar-refractivity contribution in [1.82, 2.24) is 0 Å². The maximum atomic E-state index is 13.4. The number of halogens is 1. The van der Waals surface area contributed by atoms with Crippen LogP contribution in [0.3, 0.4) is 0 Å². The van der Waals surface area contributed by atoms with E-state index in [1.165, 1.54) is 35.8 Å². The molecule has 5 rings (SSSR count). The monoisotopic (exact) mass is 546 g/mol. The van der Waals surface area contributed by atoms with Gasteiger partial charge in [-0.1, -0.05) is 48.0 Å². The lowest BCUT2D eigenvalue weighted by Gasteiger charge is -2.28. The maximum Gasteiger partial charge on any atom is 0.338 e. The van der Waals surface area contributed by atoms with Gasteiger partial charge in [0, 0.05) is 5.02 Å². The molecule has 1 N–H and O–H groups in total. The zero-order valence-electron chi connectivity index (χ0n) is 21.3. The van der Waals surface area contributed by atoms with Crippen molar-refractivity contribution >= 4 is 46.7 Å². The summed E-state index contributed by atoms with van der Waals surface area (Å²) >= 11 is 5.98. The van der Waals surface area contributed by atoms with Gasteiger partial charge < -0.3 is 14.8 Å². The molecule has 0 radical (unpaired) electrons. The zero-order chi connectivity index (χ0) is 27.5. The molecule has 1 saturated carbocycles. The molecule has 1 aliphatic heterocycles. The topological polar surface area (TPSA) is 102 Å². The molecule has 1 saturated heterocycles. The van der Waals surface area contributed by atoms with Crippen LogP contribution in [0.25, 0.3) is 0 Å². The lowest BCUT2D eigenvalue weighted by atomic mass is 9.73. The predicted molar refractivity (Wildman–Crippen MR) is 146 cm³/mol. The van der Waals surface area contributed by atoms with E-state index in [0.29, 0.717) is 35.0 Å². The molecule has 1 aliphatic carbocycles. The van der Waals surface area contributed by atoms with Gasteiger partial charge in [-0.05, 0) is 67.1 Å². The summed E-state index contributed by atoms with van der Waals surface area (Å²) in [4.78, 5) is 52.9. The molecule has 3 amide bonds. The molecule has 1 heterocycles. The van der Waals surface area contributed by atoms with E-state index < -0.39 is 18.5 Å². The third-order valence-corrected chi connectivity index (χ3v) is 7.54. The summed E-state index contributed by atoms with van der Waals surface area (Å²) in [5.41, 5.74) is 1.96.